The van der Waals surface area contributed by atoms with E-state index in [0.29, 0.717) is 6.04 Å². The van der Waals surface area contributed by atoms with Gasteiger partial charge in [0.1, 0.15) is 11.6 Å². The van der Waals surface area contributed by atoms with Crippen LogP contribution in [0.2, 0.25) is 0 Å². The Labute approximate surface area is 147 Å². The molecule has 0 radical (unpaired) electrons. The van der Waals surface area contributed by atoms with Gasteiger partial charge in [-0.15, -0.1) is 0 Å². The van der Waals surface area contributed by atoms with Crippen LogP contribution in [0.4, 0.5) is 0 Å². The molecule has 6 heteroatoms. The van der Waals surface area contributed by atoms with E-state index in [0.717, 1.165) is 37.8 Å². The van der Waals surface area contributed by atoms with Crippen molar-refractivity contribution in [1.82, 2.24) is 24.2 Å². The molecule has 2 aromatic heterocycles. The van der Waals surface area contributed by atoms with Crippen molar-refractivity contribution in [1.29, 1.82) is 0 Å². The average Bonchev–Trinajstić information content (AvgIpc) is 3.29. The quantitative estimate of drug-likeness (QED) is 0.718. The van der Waals surface area contributed by atoms with E-state index in [1.807, 2.05) is 41.5 Å². The van der Waals surface area contributed by atoms with Gasteiger partial charge in [-0.05, 0) is 30.7 Å². The SMILES string of the molecule is COc1ccc(CN2CCn3c(Cn4cccn4)cnc3[C@@H]2C)cc1. The van der Waals surface area contributed by atoms with Gasteiger partial charge in [-0.3, -0.25) is 9.58 Å². The molecule has 130 valence electrons. The normalized spacial score (nSPS) is 17.4. The maximum atomic E-state index is 5.24. The maximum Gasteiger partial charge on any atom is 0.126 e. The Bertz CT molecular complexity index is 822. The fraction of sp³-hybridized carbons (Fsp3) is 0.368. The molecule has 0 bridgehead atoms. The zero-order valence-electron chi connectivity index (χ0n) is 14.7. The Morgan fingerprint density at radius 3 is 2.72 bits per heavy atom. The van der Waals surface area contributed by atoms with Crippen LogP contribution in [0.25, 0.3) is 0 Å². The lowest BCUT2D eigenvalue weighted by molar-refractivity contribution is 0.155. The molecule has 3 aromatic rings. The third-order valence-electron chi connectivity index (χ3n) is 4.93. The fourth-order valence-corrected chi connectivity index (χ4v) is 3.47. The van der Waals surface area contributed by atoms with E-state index in [1.165, 1.54) is 11.3 Å². The monoisotopic (exact) mass is 337 g/mol. The highest BCUT2D eigenvalue weighted by atomic mass is 16.5. The topological polar surface area (TPSA) is 48.1 Å². The second-order valence-corrected chi connectivity index (χ2v) is 6.46. The molecule has 0 spiro atoms. The molecule has 0 amide bonds. The number of rotatable bonds is 5. The van der Waals surface area contributed by atoms with Crippen LogP contribution in [0.5, 0.6) is 5.75 Å². The van der Waals surface area contributed by atoms with Gasteiger partial charge in [0.25, 0.3) is 0 Å². The highest BCUT2D eigenvalue weighted by Crippen LogP contribution is 2.27. The van der Waals surface area contributed by atoms with Gasteiger partial charge in [0.05, 0.1) is 31.6 Å². The Hall–Kier alpha value is -2.60. The molecule has 0 aliphatic carbocycles. The second-order valence-electron chi connectivity index (χ2n) is 6.46. The summed E-state index contributed by atoms with van der Waals surface area (Å²) in [7, 11) is 1.70. The molecule has 0 fully saturated rings. The first-order valence-electron chi connectivity index (χ1n) is 8.63. The van der Waals surface area contributed by atoms with Gasteiger partial charge in [0.15, 0.2) is 0 Å². The summed E-state index contributed by atoms with van der Waals surface area (Å²) >= 11 is 0. The molecule has 25 heavy (non-hydrogen) atoms. The van der Waals surface area contributed by atoms with Crippen molar-refractivity contribution in [2.75, 3.05) is 13.7 Å². The van der Waals surface area contributed by atoms with Crippen molar-refractivity contribution in [3.63, 3.8) is 0 Å². The number of benzene rings is 1. The molecule has 1 aromatic carbocycles. The molecule has 1 aliphatic rings. The molecular formula is C19H23N5O. The van der Waals surface area contributed by atoms with Gasteiger partial charge in [0.2, 0.25) is 0 Å². The first kappa shape index (κ1) is 15.9. The van der Waals surface area contributed by atoms with E-state index < -0.39 is 0 Å². The van der Waals surface area contributed by atoms with Gasteiger partial charge in [-0.2, -0.15) is 5.10 Å². The summed E-state index contributed by atoms with van der Waals surface area (Å²) in [5, 5.41) is 4.30. The van der Waals surface area contributed by atoms with Crippen molar-refractivity contribution in [3.8, 4) is 5.75 Å². The predicted molar refractivity (Wildman–Crippen MR) is 95.4 cm³/mol. The van der Waals surface area contributed by atoms with Crippen molar-refractivity contribution < 1.29 is 4.74 Å². The number of hydrogen-bond acceptors (Lipinski definition) is 4. The van der Waals surface area contributed by atoms with Crippen LogP contribution in [0.1, 0.15) is 30.0 Å². The highest BCUT2D eigenvalue weighted by molar-refractivity contribution is 5.27. The number of ether oxygens (including phenoxy) is 1. The van der Waals surface area contributed by atoms with Crippen LogP contribution < -0.4 is 4.74 Å². The molecular weight excluding hydrogens is 314 g/mol. The van der Waals surface area contributed by atoms with Gasteiger partial charge >= 0.3 is 0 Å². The zero-order valence-corrected chi connectivity index (χ0v) is 14.7. The van der Waals surface area contributed by atoms with Gasteiger partial charge in [0, 0.05) is 32.0 Å². The molecule has 3 heterocycles. The number of hydrogen-bond donors (Lipinski definition) is 0. The summed E-state index contributed by atoms with van der Waals surface area (Å²) in [5.41, 5.74) is 2.51. The fourth-order valence-electron chi connectivity index (χ4n) is 3.47. The van der Waals surface area contributed by atoms with Crippen molar-refractivity contribution in [3.05, 3.63) is 66.0 Å². The van der Waals surface area contributed by atoms with Gasteiger partial charge < -0.3 is 9.30 Å². The van der Waals surface area contributed by atoms with E-state index in [-0.39, 0.29) is 0 Å². The van der Waals surface area contributed by atoms with Crippen LogP contribution in [-0.2, 0) is 19.6 Å². The van der Waals surface area contributed by atoms with Crippen LogP contribution in [0, 0.1) is 0 Å². The maximum absolute atomic E-state index is 5.24. The molecule has 0 N–H and O–H groups in total. The lowest BCUT2D eigenvalue weighted by Crippen LogP contribution is -2.37. The van der Waals surface area contributed by atoms with Crippen LogP contribution in [0.3, 0.4) is 0 Å². The molecule has 1 aliphatic heterocycles. The summed E-state index contributed by atoms with van der Waals surface area (Å²) in [6.07, 6.45) is 5.79. The van der Waals surface area contributed by atoms with E-state index in [2.05, 4.69) is 33.6 Å². The van der Waals surface area contributed by atoms with E-state index >= 15 is 0 Å². The Morgan fingerprint density at radius 2 is 2.00 bits per heavy atom. The number of fused-ring (bicyclic) bond motifs is 1. The van der Waals surface area contributed by atoms with Crippen LogP contribution in [0.15, 0.2) is 48.9 Å². The van der Waals surface area contributed by atoms with Crippen LogP contribution in [-0.4, -0.2) is 37.9 Å². The van der Waals surface area contributed by atoms with Crippen molar-refractivity contribution >= 4 is 0 Å². The summed E-state index contributed by atoms with van der Waals surface area (Å²) in [4.78, 5) is 7.17. The van der Waals surface area contributed by atoms with Gasteiger partial charge in [-0.25, -0.2) is 4.98 Å². The lowest BCUT2D eigenvalue weighted by atomic mass is 10.1. The molecule has 1 atom stereocenters. The molecule has 6 nitrogen and oxygen atoms in total. The smallest absolute Gasteiger partial charge is 0.126 e. The minimum atomic E-state index is 0.294. The Morgan fingerprint density at radius 1 is 1.16 bits per heavy atom. The molecule has 0 saturated carbocycles. The highest BCUT2D eigenvalue weighted by Gasteiger charge is 2.27. The van der Waals surface area contributed by atoms with Crippen LogP contribution >= 0.6 is 0 Å². The molecule has 0 unspecified atom stereocenters. The largest absolute Gasteiger partial charge is 0.497 e. The first-order valence-corrected chi connectivity index (χ1v) is 8.63. The molecule has 0 saturated heterocycles. The lowest BCUT2D eigenvalue weighted by Gasteiger charge is -2.34. The second kappa shape index (κ2) is 6.72. The third kappa shape index (κ3) is 3.17. The summed E-state index contributed by atoms with van der Waals surface area (Å²) < 4.78 is 9.53. The summed E-state index contributed by atoms with van der Waals surface area (Å²) in [5.74, 6) is 2.04. The average molecular weight is 337 g/mol. The van der Waals surface area contributed by atoms with E-state index in [9.17, 15) is 0 Å². The number of methoxy groups -OCH3 is 1. The van der Waals surface area contributed by atoms with Gasteiger partial charge in [-0.1, -0.05) is 12.1 Å². The number of nitrogens with zero attached hydrogens (tertiary/aromatic N) is 5. The zero-order chi connectivity index (χ0) is 17.2. The summed E-state index contributed by atoms with van der Waals surface area (Å²) in [6.45, 7) is 5.91. The third-order valence-corrected chi connectivity index (χ3v) is 4.93. The first-order chi connectivity index (χ1) is 12.2. The summed E-state index contributed by atoms with van der Waals surface area (Å²) in [6, 6.07) is 10.6. The number of imidazole rings is 1. The minimum absolute atomic E-state index is 0.294. The minimum Gasteiger partial charge on any atom is -0.497 e. The van der Waals surface area contributed by atoms with Crippen molar-refractivity contribution in [2.24, 2.45) is 0 Å². The molecule has 4 rings (SSSR count). The van der Waals surface area contributed by atoms with E-state index in [4.69, 9.17) is 9.72 Å². The Balaban J connectivity index is 1.49. The van der Waals surface area contributed by atoms with E-state index in [1.54, 1.807) is 7.11 Å². The number of aromatic nitrogens is 4. The standard InChI is InChI=1S/C19H23N5O/c1-15-19-20-12-17(14-23-9-3-8-21-23)24(19)11-10-22(15)13-16-4-6-18(25-2)7-5-16/h3-9,12,15H,10-11,13-14H2,1-2H3/t15-/m0/s1. The Kier molecular flexibility index (Phi) is 4.28. The van der Waals surface area contributed by atoms with Crippen molar-refractivity contribution in [2.45, 2.75) is 32.6 Å². The predicted octanol–water partition coefficient (Wildman–Crippen LogP) is 2.71.